The molecule has 2 saturated heterocycles. The number of aliphatic imine (C=N–C) groups is 2. The molecule has 95 heavy (non-hydrogen) atoms. The second-order valence-electron chi connectivity index (χ2n) is 28.6. The third-order valence-corrected chi connectivity index (χ3v) is 24.7. The number of isocyanates is 2. The second-order valence-corrected chi connectivity index (χ2v) is 40.9. The Morgan fingerprint density at radius 3 is 1.49 bits per heavy atom. The van der Waals surface area contributed by atoms with Gasteiger partial charge in [0, 0.05) is 120 Å². The van der Waals surface area contributed by atoms with E-state index in [1.807, 2.05) is 9.88 Å². The summed E-state index contributed by atoms with van der Waals surface area (Å²) in [5.74, 6) is 2.39. The van der Waals surface area contributed by atoms with Crippen molar-refractivity contribution in [2.75, 3.05) is 68.9 Å². The number of hydrogen-bond donors (Lipinski definition) is 1. The molecule has 1 N–H and O–H groups in total. The topological polar surface area (TPSA) is 194 Å². The van der Waals surface area contributed by atoms with Crippen LogP contribution in [0.1, 0.15) is 321 Å². The first kappa shape index (κ1) is 111. The minimum atomic E-state index is -3.50. The Morgan fingerprint density at radius 2 is 1.11 bits per heavy atom. The van der Waals surface area contributed by atoms with E-state index >= 15 is 0 Å². The van der Waals surface area contributed by atoms with Gasteiger partial charge in [0.25, 0.3) is 0 Å². The molecule has 0 bridgehead atoms. The van der Waals surface area contributed by atoms with Gasteiger partial charge in [0.1, 0.15) is 0 Å². The van der Waals surface area contributed by atoms with Gasteiger partial charge in [0.05, 0.1) is 31.4 Å². The molecule has 0 spiro atoms. The van der Waals surface area contributed by atoms with Crippen LogP contribution in [-0.4, -0.2) is 212 Å². The van der Waals surface area contributed by atoms with Gasteiger partial charge in [-0.3, -0.25) is 4.90 Å². The molecule has 3 fully saturated rings. The number of carbonyl (C=O) groups excluding carboxylic acids is 4. The molecule has 1 saturated carbocycles. The fourth-order valence-electron chi connectivity index (χ4n) is 12.2. The Labute approximate surface area is 644 Å². The minimum absolute atomic E-state index is 0. The van der Waals surface area contributed by atoms with Gasteiger partial charge in [-0.1, -0.05) is 96.4 Å². The number of fused-ring (bicyclic) bond motifs is 1. The number of hydrogen-bond acceptors (Lipinski definition) is 16. The summed E-state index contributed by atoms with van der Waals surface area (Å²) in [5.41, 5.74) is 0.254. The summed E-state index contributed by atoms with van der Waals surface area (Å²) in [6.45, 7) is 31.2. The average molecular weight is 1540 g/mol. The molecule has 0 aromatic carbocycles. The molecular formula is C75H164KN3O13PSiSn. The number of nitrogens with zero attached hydrogens (tertiary/aromatic N) is 3. The molecule has 3 aliphatic rings. The van der Waals surface area contributed by atoms with Crippen LogP contribution in [-0.2, 0) is 52.8 Å². The Balaban J connectivity index is -0.000000121. The molecule has 3 rings (SSSR count). The van der Waals surface area contributed by atoms with E-state index in [1.165, 1.54) is 141 Å². The number of carbonyl (C=O) groups is 2. The summed E-state index contributed by atoms with van der Waals surface area (Å²) >= 11 is -3.50. The summed E-state index contributed by atoms with van der Waals surface area (Å²) in [6, 6.07) is 0.915. The Morgan fingerprint density at radius 1 is 0.663 bits per heavy atom. The number of aliphatic hydroxyl groups excluding tert-OH is 1. The van der Waals surface area contributed by atoms with Crippen LogP contribution in [0.15, 0.2) is 9.98 Å². The van der Waals surface area contributed by atoms with Crippen molar-refractivity contribution in [1.29, 1.82) is 0 Å². The molecule has 7 atom stereocenters. The third kappa shape index (κ3) is 63.9. The van der Waals surface area contributed by atoms with Crippen molar-refractivity contribution in [3.63, 3.8) is 0 Å². The molecular weight excluding hydrogens is 1370 g/mol. The van der Waals surface area contributed by atoms with Crippen molar-refractivity contribution in [2.45, 2.75) is 363 Å². The predicted octanol–water partition coefficient (Wildman–Crippen LogP) is 20.4. The summed E-state index contributed by atoms with van der Waals surface area (Å²) < 4.78 is 43.0. The van der Waals surface area contributed by atoms with Crippen molar-refractivity contribution < 1.29 is 60.8 Å². The summed E-state index contributed by atoms with van der Waals surface area (Å²) in [4.78, 5) is 57.2. The van der Waals surface area contributed by atoms with Crippen molar-refractivity contribution in [1.82, 2.24) is 4.90 Å². The maximum atomic E-state index is 12.1. The maximum absolute atomic E-state index is 12.1. The minimum Gasteiger partial charge on any atom is -0.393 e. The number of ether oxygens (including phenoxy) is 3. The van der Waals surface area contributed by atoms with Gasteiger partial charge in [-0.15, -0.1) is 0 Å². The van der Waals surface area contributed by atoms with E-state index in [-0.39, 0.29) is 121 Å². The van der Waals surface area contributed by atoms with Gasteiger partial charge >= 0.3 is 195 Å². The molecule has 20 heteroatoms. The van der Waals surface area contributed by atoms with E-state index in [9.17, 15) is 24.3 Å². The fourth-order valence-corrected chi connectivity index (χ4v) is 17.9. The first-order valence-corrected chi connectivity index (χ1v) is 45.8. The Hall–Kier alpha value is 0.462. The van der Waals surface area contributed by atoms with Crippen LogP contribution < -0.4 is 0 Å². The molecule has 16 nitrogen and oxygen atoms in total. The first-order chi connectivity index (χ1) is 42.6. The molecule has 7 unspecified atom stereocenters. The van der Waals surface area contributed by atoms with E-state index in [2.05, 4.69) is 112 Å². The number of aliphatic hydroxyl groups is 1. The van der Waals surface area contributed by atoms with E-state index < -0.39 is 28.0 Å². The number of epoxide rings is 1. The molecule has 1 radical (unpaired) electrons. The molecule has 1 aliphatic carbocycles. The van der Waals surface area contributed by atoms with Gasteiger partial charge in [0.15, 0.2) is 0 Å². The number of likely N-dealkylation sites (tertiary alicyclic amines) is 1. The SMILES string of the molecule is C.C.C.CC(CCN=C=O)CC(C)(C)CN=C=O.CCCC(C)COC.CCCCC(CC)COC.CCCCCCCCCCC(=O)[O][Sn]([CH3])([CH3])[O]C(=O)CCCCCCCCCC.CN1C(C)(C)CC(O)CC1(C)C.CO[Si](CCC1CCC2OC2C1)(OC)OC.P.[2HH].[3HH].[K]. The number of methoxy groups -OCH3 is 2. The number of unbranched alkanes of at least 4 members (excludes halogenated alkanes) is 15. The normalized spacial score (nSPS) is 17.6. The average Bonchev–Trinajstić information content (AvgIpc) is 1.77. The zero-order valence-corrected chi connectivity index (χ0v) is 72.5. The smallest absolute Gasteiger partial charge is 0.393 e. The third-order valence-electron chi connectivity index (χ3n) is 17.8. The quantitative estimate of drug-likeness (QED) is 0.0151. The number of rotatable bonds is 43. The molecule has 2 aliphatic heterocycles. The van der Waals surface area contributed by atoms with Gasteiger partial charge < -0.3 is 32.6 Å². The monoisotopic (exact) mass is 1540 g/mol. The van der Waals surface area contributed by atoms with Crippen molar-refractivity contribution in [3.05, 3.63) is 0 Å². The predicted molar refractivity (Wildman–Crippen MR) is 418 cm³/mol. The zero-order chi connectivity index (χ0) is 68.9. The van der Waals surface area contributed by atoms with Crippen LogP contribution >= 0.6 is 9.90 Å². The van der Waals surface area contributed by atoms with Crippen molar-refractivity contribution in [2.24, 2.45) is 39.1 Å². The van der Waals surface area contributed by atoms with Crippen LogP contribution in [0.5, 0.6) is 0 Å². The van der Waals surface area contributed by atoms with E-state index in [0.29, 0.717) is 44.1 Å². The molecule has 571 valence electrons. The van der Waals surface area contributed by atoms with Crippen LogP contribution in [0, 0.1) is 29.1 Å². The van der Waals surface area contributed by atoms with Crippen molar-refractivity contribution >= 4 is 113 Å². The number of piperidine rings is 1. The molecule has 0 aromatic rings. The summed E-state index contributed by atoms with van der Waals surface area (Å²) in [7, 11) is 8.38. The van der Waals surface area contributed by atoms with Gasteiger partial charge in [-0.25, -0.2) is 19.6 Å². The standard InChI is InChI=1S/C11H18N2O2.C11H22O4Si.2C11H22O2.C10H21NO.C9H20O.C7H16O.3CH4.2CH3.K.H3P.Sn.2H2/c1-10(4-5-12-8-14)6-11(2,3)7-13-9-15;1-12-16(13-2,14-3)7-6-9-4-5-10-11(8-9)15-10;2*1-2-3-4-5-6-7-8-9-10-11(12)13;1-9(2)6-8(12)7-10(3,4)11(9)5;1-4-6-7-9(5-2)8-10-3;1-4-5-7(2)6-8-3;;;;;;;;;;/h10H,4-7H2,1-3H3;9-11H,4-8H2,1-3H3;2*2-10H2,1H3,(H,12,13);8,12H,6-7H2,1-5H3;9H,4-8H2,1-3H3;7H,4-6H2,1-3H3;3*1H4;2*1H3;;1H3;;2*1H/q;;;;;;;;;;;;;;+2;;/p-2/i;;;;;;;;;;;;;;;1+2;1+1. The zero-order valence-electron chi connectivity index (χ0n) is 64.1. The van der Waals surface area contributed by atoms with Gasteiger partial charge in [0.2, 0.25) is 12.2 Å². The second kappa shape index (κ2) is 68.9. The van der Waals surface area contributed by atoms with Gasteiger partial charge in [-0.2, -0.15) is 9.90 Å². The summed E-state index contributed by atoms with van der Waals surface area (Å²) in [6.07, 6.45) is 40.5. The van der Waals surface area contributed by atoms with Crippen LogP contribution in [0.25, 0.3) is 0 Å². The van der Waals surface area contributed by atoms with Crippen LogP contribution in [0.4, 0.5) is 0 Å². The molecule has 0 aromatic heterocycles. The van der Waals surface area contributed by atoms with E-state index in [4.69, 9.17) is 33.6 Å². The van der Waals surface area contributed by atoms with Crippen molar-refractivity contribution in [3.8, 4) is 0 Å². The fraction of sp³-hybridized carbons (Fsp3) is 0.947. The molecule has 0 amide bonds. The Bertz CT molecular complexity index is 1780. The summed E-state index contributed by atoms with van der Waals surface area (Å²) in [5, 5.41) is 9.67. The molecule has 2 heterocycles. The van der Waals surface area contributed by atoms with E-state index in [1.54, 1.807) is 41.6 Å². The van der Waals surface area contributed by atoms with Gasteiger partial charge in [-0.05, 0) is 128 Å². The van der Waals surface area contributed by atoms with Crippen LogP contribution in [0.3, 0.4) is 0 Å². The van der Waals surface area contributed by atoms with Crippen LogP contribution in [0.2, 0.25) is 15.9 Å². The Kier molecular flexibility index (Phi) is 80.7. The van der Waals surface area contributed by atoms with E-state index in [0.717, 1.165) is 94.8 Å². The first-order valence-electron chi connectivity index (χ1n) is 35.8.